The summed E-state index contributed by atoms with van der Waals surface area (Å²) >= 11 is 0. The van der Waals surface area contributed by atoms with E-state index >= 15 is 0 Å². The summed E-state index contributed by atoms with van der Waals surface area (Å²) in [5.74, 6) is -0.150. The van der Waals surface area contributed by atoms with Gasteiger partial charge in [-0.1, -0.05) is 6.07 Å². The molecule has 1 atom stereocenters. The van der Waals surface area contributed by atoms with Crippen LogP contribution in [0.2, 0.25) is 0 Å². The lowest BCUT2D eigenvalue weighted by Crippen LogP contribution is -2.33. The Balaban J connectivity index is 0.00000288. The fourth-order valence-electron chi connectivity index (χ4n) is 2.49. The van der Waals surface area contributed by atoms with E-state index in [-0.39, 0.29) is 23.8 Å². The quantitative estimate of drug-likeness (QED) is 0.786. The Kier molecular flexibility index (Phi) is 7.78. The van der Waals surface area contributed by atoms with Gasteiger partial charge in [-0.25, -0.2) is 13.1 Å². The van der Waals surface area contributed by atoms with Gasteiger partial charge in [0.05, 0.1) is 4.90 Å². The molecule has 1 aromatic rings. The molecule has 0 spiro atoms. The van der Waals surface area contributed by atoms with Crippen molar-refractivity contribution in [1.82, 2.24) is 10.0 Å². The Hall–Kier alpha value is -1.03. The number of hydrogen-bond donors (Lipinski definition) is 2. The Morgan fingerprint density at radius 3 is 2.71 bits per heavy atom. The largest absolute Gasteiger partial charge is 0.573 e. The summed E-state index contributed by atoms with van der Waals surface area (Å²) in [6.07, 6.45) is -2.06. The second-order valence-corrected chi connectivity index (χ2v) is 7.19. The van der Waals surface area contributed by atoms with Crippen LogP contribution in [0.4, 0.5) is 13.2 Å². The highest BCUT2D eigenvalue weighted by molar-refractivity contribution is 7.89. The first-order chi connectivity index (χ1) is 10.8. The van der Waals surface area contributed by atoms with E-state index in [0.717, 1.165) is 38.1 Å². The van der Waals surface area contributed by atoms with Gasteiger partial charge in [0, 0.05) is 12.6 Å². The molecule has 1 unspecified atom stereocenters. The van der Waals surface area contributed by atoms with Gasteiger partial charge in [0.2, 0.25) is 10.0 Å². The monoisotopic (exact) mass is 388 g/mol. The fourth-order valence-corrected chi connectivity index (χ4v) is 3.57. The third kappa shape index (κ3) is 6.84. The Morgan fingerprint density at radius 1 is 1.33 bits per heavy atom. The topological polar surface area (TPSA) is 67.4 Å². The molecule has 0 aliphatic carbocycles. The molecule has 1 aromatic carbocycles. The maximum atomic E-state index is 12.2. The van der Waals surface area contributed by atoms with Crippen LogP contribution in [0.5, 0.6) is 5.75 Å². The molecule has 138 valence electrons. The van der Waals surface area contributed by atoms with E-state index in [1.807, 2.05) is 0 Å². The first-order valence-electron chi connectivity index (χ1n) is 7.32. The molecule has 10 heteroatoms. The standard InChI is InChI=1S/C14H19F3N2O3S.ClH/c15-14(16,17)22-12-4-1-5-13(9-12)23(20,21)19-8-6-11-3-2-7-18-10-11;/h1,4-5,9,11,18-19H,2-3,6-8,10H2;1H. The van der Waals surface area contributed by atoms with Crippen molar-refractivity contribution >= 4 is 22.4 Å². The molecule has 2 rings (SSSR count). The van der Waals surface area contributed by atoms with Crippen molar-refractivity contribution in [2.75, 3.05) is 19.6 Å². The number of halogens is 4. The van der Waals surface area contributed by atoms with E-state index in [1.165, 1.54) is 12.1 Å². The van der Waals surface area contributed by atoms with E-state index in [0.29, 0.717) is 12.3 Å². The minimum absolute atomic E-state index is 0. The molecule has 0 saturated carbocycles. The van der Waals surface area contributed by atoms with Gasteiger partial charge in [-0.3, -0.25) is 0 Å². The average Bonchev–Trinajstić information content (AvgIpc) is 2.47. The molecule has 2 N–H and O–H groups in total. The molecule has 1 aliphatic heterocycles. The molecular formula is C14H20ClF3N2O3S. The summed E-state index contributed by atoms with van der Waals surface area (Å²) < 4.78 is 67.0. The van der Waals surface area contributed by atoms with Crippen LogP contribution in [0.3, 0.4) is 0 Å². The van der Waals surface area contributed by atoms with Gasteiger partial charge in [0.25, 0.3) is 0 Å². The molecule has 1 heterocycles. The van der Waals surface area contributed by atoms with Gasteiger partial charge in [-0.05, 0) is 50.4 Å². The number of hydrogen-bond acceptors (Lipinski definition) is 4. The summed E-state index contributed by atoms with van der Waals surface area (Å²) in [7, 11) is -3.86. The molecule has 0 aromatic heterocycles. The average molecular weight is 389 g/mol. The van der Waals surface area contributed by atoms with Crippen molar-refractivity contribution in [1.29, 1.82) is 0 Å². The van der Waals surface area contributed by atoms with Crippen LogP contribution in [-0.2, 0) is 10.0 Å². The lowest BCUT2D eigenvalue weighted by molar-refractivity contribution is -0.274. The van der Waals surface area contributed by atoms with Gasteiger partial charge < -0.3 is 10.1 Å². The van der Waals surface area contributed by atoms with Crippen LogP contribution in [0.15, 0.2) is 29.2 Å². The van der Waals surface area contributed by atoms with Crippen LogP contribution in [0, 0.1) is 5.92 Å². The van der Waals surface area contributed by atoms with Crippen molar-refractivity contribution < 1.29 is 26.3 Å². The highest BCUT2D eigenvalue weighted by Crippen LogP contribution is 2.25. The zero-order valence-electron chi connectivity index (χ0n) is 12.8. The molecule has 1 aliphatic rings. The summed E-state index contributed by atoms with van der Waals surface area (Å²) in [5, 5.41) is 3.24. The fraction of sp³-hybridized carbons (Fsp3) is 0.571. The highest BCUT2D eigenvalue weighted by Gasteiger charge is 2.31. The number of rotatable bonds is 6. The summed E-state index contributed by atoms with van der Waals surface area (Å²) in [4.78, 5) is -0.249. The smallest absolute Gasteiger partial charge is 0.406 e. The Bertz CT molecular complexity index is 620. The van der Waals surface area contributed by atoms with Crippen LogP contribution in [0.25, 0.3) is 0 Å². The van der Waals surface area contributed by atoms with Crippen LogP contribution in [-0.4, -0.2) is 34.4 Å². The van der Waals surface area contributed by atoms with E-state index in [2.05, 4.69) is 14.8 Å². The van der Waals surface area contributed by atoms with Crippen molar-refractivity contribution in [3.05, 3.63) is 24.3 Å². The number of alkyl halides is 3. The number of ether oxygens (including phenoxy) is 1. The number of nitrogens with one attached hydrogen (secondary N) is 2. The number of piperidine rings is 1. The lowest BCUT2D eigenvalue weighted by Gasteiger charge is -2.22. The summed E-state index contributed by atoms with van der Waals surface area (Å²) in [6.45, 7) is 2.09. The Labute approximate surface area is 145 Å². The molecule has 0 bridgehead atoms. The zero-order valence-corrected chi connectivity index (χ0v) is 14.4. The second-order valence-electron chi connectivity index (χ2n) is 5.42. The zero-order chi connectivity index (χ0) is 16.9. The van der Waals surface area contributed by atoms with Gasteiger partial charge in [0.15, 0.2) is 0 Å². The predicted octanol–water partition coefficient (Wildman–Crippen LogP) is 2.68. The van der Waals surface area contributed by atoms with Gasteiger partial charge >= 0.3 is 6.36 Å². The maximum absolute atomic E-state index is 12.2. The van der Waals surface area contributed by atoms with Gasteiger partial charge in [-0.2, -0.15) is 0 Å². The lowest BCUT2D eigenvalue weighted by atomic mass is 9.96. The SMILES string of the molecule is Cl.O=S(=O)(NCCC1CCCNC1)c1cccc(OC(F)(F)F)c1. The molecule has 5 nitrogen and oxygen atoms in total. The highest BCUT2D eigenvalue weighted by atomic mass is 35.5. The molecule has 0 amide bonds. The third-order valence-corrected chi connectivity index (χ3v) is 5.05. The molecule has 1 fully saturated rings. The molecular weight excluding hydrogens is 369 g/mol. The summed E-state index contributed by atoms with van der Waals surface area (Å²) in [6, 6.07) is 4.35. The van der Waals surface area contributed by atoms with Crippen LogP contribution >= 0.6 is 12.4 Å². The first-order valence-corrected chi connectivity index (χ1v) is 8.81. The van der Waals surface area contributed by atoms with Gasteiger partial charge in [0.1, 0.15) is 5.75 Å². The predicted molar refractivity (Wildman–Crippen MR) is 85.8 cm³/mol. The van der Waals surface area contributed by atoms with Crippen molar-refractivity contribution in [3.63, 3.8) is 0 Å². The Morgan fingerprint density at radius 2 is 2.08 bits per heavy atom. The molecule has 1 saturated heterocycles. The van der Waals surface area contributed by atoms with Crippen LogP contribution in [0.1, 0.15) is 19.3 Å². The van der Waals surface area contributed by atoms with E-state index in [4.69, 9.17) is 0 Å². The minimum Gasteiger partial charge on any atom is -0.406 e. The van der Waals surface area contributed by atoms with Crippen molar-refractivity contribution in [3.8, 4) is 5.75 Å². The first kappa shape index (κ1) is 21.0. The van der Waals surface area contributed by atoms with Gasteiger partial charge in [-0.15, -0.1) is 25.6 Å². The number of benzene rings is 1. The van der Waals surface area contributed by atoms with Crippen molar-refractivity contribution in [2.45, 2.75) is 30.5 Å². The van der Waals surface area contributed by atoms with Crippen molar-refractivity contribution in [2.24, 2.45) is 5.92 Å². The maximum Gasteiger partial charge on any atom is 0.573 e. The normalized spacial score (nSPS) is 18.7. The minimum atomic E-state index is -4.86. The third-order valence-electron chi connectivity index (χ3n) is 3.59. The molecule has 24 heavy (non-hydrogen) atoms. The van der Waals surface area contributed by atoms with Crippen LogP contribution < -0.4 is 14.8 Å². The number of sulfonamides is 1. The second kappa shape index (κ2) is 8.89. The molecule has 0 radical (unpaired) electrons. The van der Waals surface area contributed by atoms with E-state index < -0.39 is 22.1 Å². The van der Waals surface area contributed by atoms with E-state index in [9.17, 15) is 21.6 Å². The van der Waals surface area contributed by atoms with E-state index in [1.54, 1.807) is 0 Å². The summed E-state index contributed by atoms with van der Waals surface area (Å²) in [5.41, 5.74) is 0.